The molecule has 1 aromatic carbocycles. The molecule has 2 amide bonds. The number of phosphoric ester groups is 1. The van der Waals surface area contributed by atoms with Crippen LogP contribution in [0.4, 0.5) is 19.3 Å². The highest BCUT2D eigenvalue weighted by Gasteiger charge is 2.34. The average molecular weight is 548 g/mol. The zero-order valence-corrected chi connectivity index (χ0v) is 20.2. The Morgan fingerprint density at radius 1 is 1.35 bits per heavy atom. The predicted octanol–water partition coefficient (Wildman–Crippen LogP) is 1.14. The maximum absolute atomic E-state index is 14.9. The fourth-order valence-corrected chi connectivity index (χ4v) is 4.06. The molecule has 2 aromatic rings. The van der Waals surface area contributed by atoms with E-state index in [1.54, 1.807) is 0 Å². The van der Waals surface area contributed by atoms with Crippen LogP contribution in [0.1, 0.15) is 12.0 Å². The quantitative estimate of drug-likeness (QED) is 0.314. The van der Waals surface area contributed by atoms with Gasteiger partial charge in [-0.25, -0.2) is 13.6 Å². The molecular formula is C20H23F2N4O10P. The summed E-state index contributed by atoms with van der Waals surface area (Å²) in [5, 5.41) is 13.0. The van der Waals surface area contributed by atoms with E-state index < -0.39 is 43.9 Å². The molecule has 1 saturated heterocycles. The summed E-state index contributed by atoms with van der Waals surface area (Å²) in [5.74, 6) is -2.88. The Bertz CT molecular complexity index is 1200. The van der Waals surface area contributed by atoms with Crippen molar-refractivity contribution < 1.29 is 56.3 Å². The van der Waals surface area contributed by atoms with Crippen LogP contribution in [0.15, 0.2) is 35.1 Å². The van der Waals surface area contributed by atoms with Gasteiger partial charge in [-0.05, 0) is 29.3 Å². The van der Waals surface area contributed by atoms with E-state index >= 15 is 0 Å². The summed E-state index contributed by atoms with van der Waals surface area (Å²) in [6.45, 7) is -0.408. The minimum absolute atomic E-state index is 0. The largest absolute Gasteiger partial charge is 0.756 e. The number of quaternary nitrogens is 1. The number of cyclic esters (lactones) is 1. The summed E-state index contributed by atoms with van der Waals surface area (Å²) >= 11 is 0. The second-order valence-corrected chi connectivity index (χ2v) is 8.89. The highest BCUT2D eigenvalue weighted by atomic mass is 31.2. The van der Waals surface area contributed by atoms with Crippen molar-refractivity contribution in [1.82, 2.24) is 16.2 Å². The van der Waals surface area contributed by atoms with Crippen molar-refractivity contribution in [3.8, 4) is 5.88 Å². The second-order valence-electron chi connectivity index (χ2n) is 7.74. The van der Waals surface area contributed by atoms with Gasteiger partial charge in [0.1, 0.15) is 24.5 Å². The number of ether oxygens (including phenoxy) is 2. The third-order valence-corrected chi connectivity index (χ3v) is 5.80. The van der Waals surface area contributed by atoms with Crippen molar-refractivity contribution in [3.05, 3.63) is 47.7 Å². The number of rotatable bonds is 8. The molecule has 2 aliphatic rings. The number of nitrogens with zero attached hydrogens (tertiary/aromatic N) is 3. The molecule has 1 fully saturated rings. The van der Waals surface area contributed by atoms with E-state index in [1.165, 1.54) is 18.4 Å². The third kappa shape index (κ3) is 6.68. The minimum atomic E-state index is -5.35. The molecule has 1 aromatic heterocycles. The molecule has 0 bridgehead atoms. The monoisotopic (exact) mass is 548 g/mol. The molecule has 0 aliphatic carbocycles. The molecule has 3 atom stereocenters. The van der Waals surface area contributed by atoms with Gasteiger partial charge in [0.05, 0.1) is 12.2 Å². The van der Waals surface area contributed by atoms with Crippen molar-refractivity contribution in [2.24, 2.45) is 0 Å². The normalized spacial score (nSPS) is 20.0. The molecule has 2 aliphatic heterocycles. The van der Waals surface area contributed by atoms with Crippen LogP contribution in [0.5, 0.6) is 5.88 Å². The first-order valence-electron chi connectivity index (χ1n) is 10.4. The number of halogens is 2. The number of anilines is 1. The number of amides is 2. The molecule has 6 N–H and O–H groups in total. The molecule has 0 spiro atoms. The Labute approximate surface area is 207 Å². The van der Waals surface area contributed by atoms with Crippen LogP contribution in [-0.2, 0) is 18.6 Å². The van der Waals surface area contributed by atoms with Gasteiger partial charge in [-0.2, -0.15) is 0 Å². The maximum atomic E-state index is 14.9. The van der Waals surface area contributed by atoms with Crippen LogP contribution in [0.25, 0.3) is 5.57 Å². The van der Waals surface area contributed by atoms with Crippen LogP contribution < -0.4 is 20.7 Å². The van der Waals surface area contributed by atoms with Gasteiger partial charge in [-0.15, -0.1) is 0 Å². The van der Waals surface area contributed by atoms with E-state index in [4.69, 9.17) is 14.4 Å². The number of phosphoric acid groups is 1. The first-order valence-corrected chi connectivity index (χ1v) is 11.9. The van der Waals surface area contributed by atoms with Crippen molar-refractivity contribution in [2.45, 2.75) is 18.8 Å². The summed E-state index contributed by atoms with van der Waals surface area (Å²) < 4.78 is 59.5. The number of carbonyl (C=O) groups is 2. The standard InChI is InChI=1S/C20H20F2N3O10P.H3N/c21-14-7-12(25-9-13(34-20(25)28)10-32-16-3-6-33-23-16)8-15(22)17(14)11-1-4-24(5-2-11)18(26)19(27)35-36(29,30)31;/h1,3,6-8,13,19,27H,2,4-5,9-10H2,(H2,29,30,31);1H3/t13-,19+;/m1./s1. The van der Waals surface area contributed by atoms with Gasteiger partial charge in [-0.3, -0.25) is 18.8 Å². The van der Waals surface area contributed by atoms with Crippen molar-refractivity contribution >= 4 is 31.1 Å². The fourth-order valence-electron chi connectivity index (χ4n) is 3.72. The molecule has 0 saturated carbocycles. The second kappa shape index (κ2) is 11.3. The molecular weight excluding hydrogens is 525 g/mol. The molecule has 14 nitrogen and oxygen atoms in total. The van der Waals surface area contributed by atoms with Gasteiger partial charge >= 0.3 is 6.09 Å². The van der Waals surface area contributed by atoms with Gasteiger partial charge in [0.2, 0.25) is 6.29 Å². The van der Waals surface area contributed by atoms with Gasteiger partial charge < -0.3 is 39.9 Å². The summed E-state index contributed by atoms with van der Waals surface area (Å²) in [4.78, 5) is 45.6. The zero-order chi connectivity index (χ0) is 26.0. The lowest BCUT2D eigenvalue weighted by molar-refractivity contribution is -0.235. The third-order valence-electron chi connectivity index (χ3n) is 5.33. The van der Waals surface area contributed by atoms with Gasteiger partial charge in [0.15, 0.2) is 6.10 Å². The maximum Gasteiger partial charge on any atom is 0.414 e. The first-order chi connectivity index (χ1) is 17.0. The topological polar surface area (TPSA) is 211 Å². The lowest BCUT2D eigenvalue weighted by Crippen LogP contribution is -2.42. The van der Waals surface area contributed by atoms with E-state index in [0.29, 0.717) is 0 Å². The zero-order valence-electron chi connectivity index (χ0n) is 19.3. The molecule has 37 heavy (non-hydrogen) atoms. The number of aliphatic hydroxyl groups excluding tert-OH is 1. The Morgan fingerprint density at radius 3 is 2.62 bits per heavy atom. The molecule has 3 heterocycles. The summed E-state index contributed by atoms with van der Waals surface area (Å²) in [6, 6.07) is 3.41. The molecule has 4 rings (SSSR count). The van der Waals surface area contributed by atoms with Crippen molar-refractivity contribution in [1.29, 1.82) is 0 Å². The molecule has 0 radical (unpaired) electrons. The van der Waals surface area contributed by atoms with Crippen LogP contribution in [0.3, 0.4) is 0 Å². The number of aromatic nitrogens is 1. The van der Waals surface area contributed by atoms with Crippen LogP contribution in [-0.4, -0.2) is 70.7 Å². The smallest absolute Gasteiger partial charge is 0.414 e. The number of hydrogen-bond acceptors (Lipinski definition) is 10. The number of aliphatic hydroxyl groups is 1. The van der Waals surface area contributed by atoms with E-state index in [1.807, 2.05) is 0 Å². The first kappa shape index (κ1) is 28.2. The number of hydrogen-bond donors (Lipinski definition) is 3. The molecule has 17 heteroatoms. The average Bonchev–Trinajstić information content (AvgIpc) is 3.45. The SMILES string of the molecule is O=C([C@@H](O)OP(=O)([O-])O)N1CC=C(c2c(F)cc(N3C[C@H](COc4ccon4)OC3=O)cc2F)CC1.[NH4+]. The van der Waals surface area contributed by atoms with Crippen molar-refractivity contribution in [2.75, 3.05) is 31.1 Å². The minimum Gasteiger partial charge on any atom is -0.756 e. The van der Waals surface area contributed by atoms with E-state index in [-0.39, 0.29) is 61.5 Å². The Morgan fingerprint density at radius 2 is 2.05 bits per heavy atom. The number of benzene rings is 1. The summed E-state index contributed by atoms with van der Waals surface area (Å²) in [7, 11) is -5.35. The lowest BCUT2D eigenvalue weighted by Gasteiger charge is -2.29. The van der Waals surface area contributed by atoms with Gasteiger partial charge in [-0.1, -0.05) is 6.08 Å². The van der Waals surface area contributed by atoms with Gasteiger partial charge in [0.25, 0.3) is 19.6 Å². The Kier molecular flexibility index (Phi) is 8.63. The summed E-state index contributed by atoms with van der Waals surface area (Å²) in [5.41, 5.74) is -0.210. The highest BCUT2D eigenvalue weighted by Crippen LogP contribution is 2.34. The fraction of sp³-hybridized carbons (Fsp3) is 0.350. The van der Waals surface area contributed by atoms with E-state index in [2.05, 4.69) is 14.2 Å². The number of carbonyl (C=O) groups excluding carboxylic acids is 2. The molecule has 202 valence electrons. The van der Waals surface area contributed by atoms with Gasteiger partial charge in [0, 0.05) is 24.7 Å². The van der Waals surface area contributed by atoms with E-state index in [0.717, 1.165) is 21.9 Å². The van der Waals surface area contributed by atoms with Crippen LogP contribution in [0, 0.1) is 11.6 Å². The van der Waals surface area contributed by atoms with Crippen LogP contribution in [0.2, 0.25) is 0 Å². The predicted molar refractivity (Wildman–Crippen MR) is 118 cm³/mol. The lowest BCUT2D eigenvalue weighted by atomic mass is 9.97. The molecule has 1 unspecified atom stereocenters. The Hall–Kier alpha value is -3.40. The highest BCUT2D eigenvalue weighted by molar-refractivity contribution is 7.44. The summed E-state index contributed by atoms with van der Waals surface area (Å²) in [6.07, 6.45) is -1.39. The van der Waals surface area contributed by atoms with E-state index in [9.17, 15) is 32.9 Å². The van der Waals surface area contributed by atoms with Crippen molar-refractivity contribution in [3.63, 3.8) is 0 Å². The van der Waals surface area contributed by atoms with Crippen LogP contribution >= 0.6 is 7.82 Å². The Balaban J connectivity index is 0.00000380.